The molecule has 0 saturated carbocycles. The molecule has 0 aliphatic carbocycles. The summed E-state index contributed by atoms with van der Waals surface area (Å²) in [7, 11) is 0. The summed E-state index contributed by atoms with van der Waals surface area (Å²) in [6.07, 6.45) is 4.29. The van der Waals surface area contributed by atoms with E-state index in [1.807, 2.05) is 54.6 Å². The number of aliphatic hydroxyl groups is 1. The Hall–Kier alpha value is -2.00. The molecule has 0 heterocycles. The Morgan fingerprint density at radius 1 is 0.762 bits per heavy atom. The van der Waals surface area contributed by atoms with Gasteiger partial charge in [-0.2, -0.15) is 0 Å². The van der Waals surface area contributed by atoms with Crippen LogP contribution in [0.15, 0.2) is 54.6 Å². The van der Waals surface area contributed by atoms with Crippen LogP contribution in [0.5, 0.6) is 11.5 Å². The van der Waals surface area contributed by atoms with Crippen molar-refractivity contribution in [2.45, 2.75) is 25.7 Å². The van der Waals surface area contributed by atoms with Crippen LogP contribution in [0.25, 0.3) is 0 Å². The van der Waals surface area contributed by atoms with Crippen LogP contribution in [0.4, 0.5) is 5.69 Å². The molecule has 0 spiro atoms. The molecule has 0 saturated heterocycles. The zero-order valence-corrected chi connectivity index (χ0v) is 12.3. The number of para-hydroxylation sites is 1. The third kappa shape index (κ3) is 5.88. The van der Waals surface area contributed by atoms with Crippen LogP contribution in [0.2, 0.25) is 0 Å². The topological polar surface area (TPSA) is 41.5 Å². The molecule has 0 aromatic heterocycles. The highest BCUT2D eigenvalue weighted by atomic mass is 16.5. The molecule has 0 aliphatic heterocycles. The minimum Gasteiger partial charge on any atom is -0.457 e. The van der Waals surface area contributed by atoms with E-state index in [-0.39, 0.29) is 0 Å². The minimum atomic E-state index is 0.302. The molecule has 3 heteroatoms. The SMILES string of the molecule is OCCCCCCNc1ccc(Oc2ccccc2)cc1. The lowest BCUT2D eigenvalue weighted by Gasteiger charge is -2.08. The number of nitrogens with one attached hydrogen (secondary N) is 1. The van der Waals surface area contributed by atoms with Gasteiger partial charge in [-0.1, -0.05) is 31.0 Å². The molecule has 2 N–H and O–H groups in total. The standard InChI is InChI=1S/C18H23NO2/c20-15-7-2-1-6-14-19-16-10-12-18(13-11-16)21-17-8-4-3-5-9-17/h3-5,8-13,19-20H,1-2,6-7,14-15H2. The van der Waals surface area contributed by atoms with Crippen LogP contribution < -0.4 is 10.1 Å². The lowest BCUT2D eigenvalue weighted by Crippen LogP contribution is -2.01. The Balaban J connectivity index is 1.72. The molecule has 0 aliphatic rings. The fourth-order valence-electron chi connectivity index (χ4n) is 2.09. The number of anilines is 1. The normalized spacial score (nSPS) is 10.3. The fourth-order valence-corrected chi connectivity index (χ4v) is 2.09. The molecule has 2 aromatic rings. The van der Waals surface area contributed by atoms with Gasteiger partial charge in [0.1, 0.15) is 11.5 Å². The molecule has 0 atom stereocenters. The second-order valence-electron chi connectivity index (χ2n) is 5.00. The lowest BCUT2D eigenvalue weighted by molar-refractivity contribution is 0.283. The van der Waals surface area contributed by atoms with Gasteiger partial charge in [-0.15, -0.1) is 0 Å². The Labute approximate surface area is 126 Å². The first-order valence-electron chi connectivity index (χ1n) is 7.56. The van der Waals surface area contributed by atoms with Crippen LogP contribution in [-0.4, -0.2) is 18.3 Å². The first kappa shape index (κ1) is 15.4. The van der Waals surface area contributed by atoms with Crippen molar-refractivity contribution in [2.75, 3.05) is 18.5 Å². The molecule has 0 amide bonds. The van der Waals surface area contributed by atoms with Crippen molar-refractivity contribution in [2.24, 2.45) is 0 Å². The van der Waals surface area contributed by atoms with Gasteiger partial charge in [-0.05, 0) is 49.2 Å². The molecule has 2 rings (SSSR count). The number of ether oxygens (including phenoxy) is 1. The second kappa shape index (κ2) is 9.03. The van der Waals surface area contributed by atoms with Crippen molar-refractivity contribution in [1.82, 2.24) is 0 Å². The minimum absolute atomic E-state index is 0.302. The van der Waals surface area contributed by atoms with Gasteiger partial charge in [0.25, 0.3) is 0 Å². The quantitative estimate of drug-likeness (QED) is 0.669. The number of hydrogen-bond donors (Lipinski definition) is 2. The smallest absolute Gasteiger partial charge is 0.127 e. The largest absolute Gasteiger partial charge is 0.457 e. The monoisotopic (exact) mass is 285 g/mol. The summed E-state index contributed by atoms with van der Waals surface area (Å²) >= 11 is 0. The van der Waals surface area contributed by atoms with Crippen LogP contribution in [-0.2, 0) is 0 Å². The first-order valence-corrected chi connectivity index (χ1v) is 7.56. The van der Waals surface area contributed by atoms with E-state index in [9.17, 15) is 0 Å². The summed E-state index contributed by atoms with van der Waals surface area (Å²) in [5.41, 5.74) is 1.11. The van der Waals surface area contributed by atoms with Gasteiger partial charge in [0.15, 0.2) is 0 Å². The van der Waals surface area contributed by atoms with Gasteiger partial charge >= 0.3 is 0 Å². The van der Waals surface area contributed by atoms with Crippen molar-refractivity contribution < 1.29 is 9.84 Å². The molecule has 21 heavy (non-hydrogen) atoms. The van der Waals surface area contributed by atoms with Gasteiger partial charge in [0.2, 0.25) is 0 Å². The van der Waals surface area contributed by atoms with Crippen molar-refractivity contribution in [1.29, 1.82) is 0 Å². The highest BCUT2D eigenvalue weighted by Crippen LogP contribution is 2.22. The molecule has 0 fully saturated rings. The van der Waals surface area contributed by atoms with Crippen LogP contribution in [0, 0.1) is 0 Å². The van der Waals surface area contributed by atoms with E-state index in [2.05, 4.69) is 5.32 Å². The second-order valence-corrected chi connectivity index (χ2v) is 5.00. The van der Waals surface area contributed by atoms with Gasteiger partial charge < -0.3 is 15.2 Å². The highest BCUT2D eigenvalue weighted by molar-refractivity contribution is 5.47. The van der Waals surface area contributed by atoms with Crippen molar-refractivity contribution in [3.63, 3.8) is 0 Å². The van der Waals surface area contributed by atoms with E-state index >= 15 is 0 Å². The maximum atomic E-state index is 8.71. The molecule has 112 valence electrons. The van der Waals surface area contributed by atoms with Gasteiger partial charge in [-0.25, -0.2) is 0 Å². The summed E-state index contributed by atoms with van der Waals surface area (Å²) in [5.74, 6) is 1.69. The molecular weight excluding hydrogens is 262 g/mol. The lowest BCUT2D eigenvalue weighted by atomic mass is 10.2. The zero-order chi connectivity index (χ0) is 14.8. The predicted molar refractivity (Wildman–Crippen MR) is 87.0 cm³/mol. The maximum Gasteiger partial charge on any atom is 0.127 e. The Kier molecular flexibility index (Phi) is 6.62. The average molecular weight is 285 g/mol. The van der Waals surface area contributed by atoms with Gasteiger partial charge in [-0.3, -0.25) is 0 Å². The number of rotatable bonds is 9. The van der Waals surface area contributed by atoms with E-state index < -0.39 is 0 Å². The molecule has 0 bridgehead atoms. The summed E-state index contributed by atoms with van der Waals surface area (Å²) in [4.78, 5) is 0. The van der Waals surface area contributed by atoms with E-state index in [4.69, 9.17) is 9.84 Å². The van der Waals surface area contributed by atoms with E-state index in [0.29, 0.717) is 6.61 Å². The molecule has 0 unspecified atom stereocenters. The summed E-state index contributed by atoms with van der Waals surface area (Å²) in [6.45, 7) is 1.26. The van der Waals surface area contributed by atoms with E-state index in [1.165, 1.54) is 0 Å². The average Bonchev–Trinajstić information content (AvgIpc) is 2.53. The van der Waals surface area contributed by atoms with Crippen molar-refractivity contribution >= 4 is 5.69 Å². The van der Waals surface area contributed by atoms with Crippen molar-refractivity contribution in [3.8, 4) is 11.5 Å². The summed E-state index contributed by atoms with van der Waals surface area (Å²) in [6, 6.07) is 17.8. The number of hydrogen-bond acceptors (Lipinski definition) is 3. The molecule has 0 radical (unpaired) electrons. The fraction of sp³-hybridized carbons (Fsp3) is 0.333. The van der Waals surface area contributed by atoms with E-state index in [0.717, 1.165) is 49.4 Å². The first-order chi connectivity index (χ1) is 10.4. The zero-order valence-electron chi connectivity index (χ0n) is 12.3. The van der Waals surface area contributed by atoms with Crippen LogP contribution in [0.1, 0.15) is 25.7 Å². The van der Waals surface area contributed by atoms with E-state index in [1.54, 1.807) is 0 Å². The maximum absolute atomic E-state index is 8.71. The van der Waals surface area contributed by atoms with Crippen LogP contribution >= 0.6 is 0 Å². The number of benzene rings is 2. The Morgan fingerprint density at radius 2 is 1.43 bits per heavy atom. The highest BCUT2D eigenvalue weighted by Gasteiger charge is 1.97. The third-order valence-corrected chi connectivity index (χ3v) is 3.25. The van der Waals surface area contributed by atoms with Crippen molar-refractivity contribution in [3.05, 3.63) is 54.6 Å². The summed E-state index contributed by atoms with van der Waals surface area (Å²) in [5, 5.41) is 12.1. The number of unbranched alkanes of at least 4 members (excludes halogenated alkanes) is 3. The van der Waals surface area contributed by atoms with Gasteiger partial charge in [0.05, 0.1) is 0 Å². The van der Waals surface area contributed by atoms with Crippen LogP contribution in [0.3, 0.4) is 0 Å². The molecular formula is C18H23NO2. The predicted octanol–water partition coefficient (Wildman–Crippen LogP) is 4.44. The Bertz CT molecular complexity index is 496. The third-order valence-electron chi connectivity index (χ3n) is 3.25. The Morgan fingerprint density at radius 3 is 2.14 bits per heavy atom. The molecule has 3 nitrogen and oxygen atoms in total. The van der Waals surface area contributed by atoms with Gasteiger partial charge in [0, 0.05) is 18.8 Å². The number of aliphatic hydroxyl groups excluding tert-OH is 1. The molecule has 2 aromatic carbocycles. The summed E-state index contributed by atoms with van der Waals surface area (Å²) < 4.78 is 5.75.